The van der Waals surface area contributed by atoms with Gasteiger partial charge in [0.1, 0.15) is 5.01 Å². The molecular weight excluding hydrogens is 330 g/mol. The highest BCUT2D eigenvalue weighted by atomic mass is 32.1. The van der Waals surface area contributed by atoms with Gasteiger partial charge >= 0.3 is 0 Å². The number of thiazole rings is 1. The molecule has 0 saturated carbocycles. The number of nitrogens with two attached hydrogens (primary N) is 1. The second-order valence-corrected chi connectivity index (χ2v) is 7.32. The smallest absolute Gasteiger partial charge is 0.248 e. The number of nitrogens with one attached hydrogen (secondary N) is 1. The summed E-state index contributed by atoms with van der Waals surface area (Å²) in [5, 5.41) is 4.47. The monoisotopic (exact) mass is 349 g/mol. The predicted octanol–water partition coefficient (Wildman–Crippen LogP) is 3.53. The Morgan fingerprint density at radius 1 is 1.20 bits per heavy atom. The predicted molar refractivity (Wildman–Crippen MR) is 102 cm³/mol. The van der Waals surface area contributed by atoms with Crippen LogP contribution in [0.3, 0.4) is 0 Å². The van der Waals surface area contributed by atoms with E-state index < -0.39 is 5.91 Å². The summed E-state index contributed by atoms with van der Waals surface area (Å²) in [6.07, 6.45) is 0.991. The van der Waals surface area contributed by atoms with Crippen molar-refractivity contribution in [2.24, 2.45) is 5.73 Å². The minimum Gasteiger partial charge on any atom is -0.366 e. The summed E-state index contributed by atoms with van der Waals surface area (Å²) in [4.78, 5) is 17.7. The van der Waals surface area contributed by atoms with E-state index in [1.54, 1.807) is 17.4 Å². The molecule has 0 bridgehead atoms. The average molecular weight is 349 g/mol. The molecule has 0 fully saturated rings. The largest absolute Gasteiger partial charge is 0.366 e. The molecule has 5 heteroatoms. The van der Waals surface area contributed by atoms with Gasteiger partial charge in [0.15, 0.2) is 0 Å². The van der Waals surface area contributed by atoms with Gasteiger partial charge in [0.2, 0.25) is 5.91 Å². The van der Waals surface area contributed by atoms with Gasteiger partial charge in [-0.1, -0.05) is 30.3 Å². The maximum atomic E-state index is 11.5. The zero-order valence-corrected chi connectivity index (χ0v) is 14.8. The number of primary amides is 1. The van der Waals surface area contributed by atoms with Gasteiger partial charge in [-0.05, 0) is 35.7 Å². The zero-order chi connectivity index (χ0) is 17.4. The summed E-state index contributed by atoms with van der Waals surface area (Å²) in [6, 6.07) is 13.7. The summed E-state index contributed by atoms with van der Waals surface area (Å²) in [7, 11) is 0. The maximum absolute atomic E-state index is 11.5. The molecule has 25 heavy (non-hydrogen) atoms. The number of fused-ring (bicyclic) bond motifs is 1. The molecule has 3 aromatic rings. The number of hydrogen-bond donors (Lipinski definition) is 2. The van der Waals surface area contributed by atoms with Crippen LogP contribution in [0.5, 0.6) is 0 Å². The van der Waals surface area contributed by atoms with Gasteiger partial charge in [0, 0.05) is 35.5 Å². The summed E-state index contributed by atoms with van der Waals surface area (Å²) in [5.41, 5.74) is 11.6. The van der Waals surface area contributed by atoms with Crippen molar-refractivity contribution in [3.8, 4) is 21.7 Å². The van der Waals surface area contributed by atoms with Gasteiger partial charge in [-0.25, -0.2) is 4.98 Å². The van der Waals surface area contributed by atoms with Crippen molar-refractivity contribution in [3.63, 3.8) is 0 Å². The third-order valence-corrected chi connectivity index (χ3v) is 5.76. The van der Waals surface area contributed by atoms with Gasteiger partial charge in [0.25, 0.3) is 0 Å². The van der Waals surface area contributed by atoms with E-state index in [1.807, 2.05) is 24.3 Å². The SMILES string of the molecule is Cc1c(-c2cccc(C(N)=O)c2)cccc1-c1nc2c(s1)CNCC2. The number of amides is 1. The van der Waals surface area contributed by atoms with Crippen molar-refractivity contribution >= 4 is 17.2 Å². The molecule has 1 aromatic heterocycles. The first-order valence-electron chi connectivity index (χ1n) is 8.33. The molecule has 126 valence electrons. The van der Waals surface area contributed by atoms with E-state index in [0.29, 0.717) is 5.56 Å². The first-order valence-corrected chi connectivity index (χ1v) is 9.14. The highest BCUT2D eigenvalue weighted by Crippen LogP contribution is 2.35. The van der Waals surface area contributed by atoms with Gasteiger partial charge in [-0.3, -0.25) is 4.79 Å². The molecule has 1 aliphatic heterocycles. The van der Waals surface area contributed by atoms with Crippen LogP contribution in [0.1, 0.15) is 26.5 Å². The normalized spacial score (nSPS) is 13.5. The van der Waals surface area contributed by atoms with Crippen molar-refractivity contribution < 1.29 is 4.79 Å². The Balaban J connectivity index is 1.79. The maximum Gasteiger partial charge on any atom is 0.248 e. The Morgan fingerprint density at radius 2 is 2.00 bits per heavy atom. The number of carbonyl (C=O) groups excluding carboxylic acids is 1. The molecule has 0 atom stereocenters. The lowest BCUT2D eigenvalue weighted by molar-refractivity contribution is 0.100. The molecule has 2 aromatic carbocycles. The van der Waals surface area contributed by atoms with E-state index in [4.69, 9.17) is 10.7 Å². The number of benzene rings is 2. The fraction of sp³-hybridized carbons (Fsp3) is 0.200. The van der Waals surface area contributed by atoms with Crippen molar-refractivity contribution in [1.29, 1.82) is 0 Å². The molecule has 0 aliphatic carbocycles. The van der Waals surface area contributed by atoms with Gasteiger partial charge in [-0.15, -0.1) is 11.3 Å². The highest BCUT2D eigenvalue weighted by Gasteiger charge is 2.18. The lowest BCUT2D eigenvalue weighted by Crippen LogP contribution is -2.22. The molecule has 2 heterocycles. The van der Waals surface area contributed by atoms with E-state index >= 15 is 0 Å². The molecule has 1 aliphatic rings. The van der Waals surface area contributed by atoms with Gasteiger partial charge in [0.05, 0.1) is 5.69 Å². The fourth-order valence-corrected chi connectivity index (χ4v) is 4.42. The highest BCUT2D eigenvalue weighted by molar-refractivity contribution is 7.15. The third-order valence-electron chi connectivity index (χ3n) is 4.62. The Kier molecular flexibility index (Phi) is 4.11. The lowest BCUT2D eigenvalue weighted by atomic mass is 9.95. The molecule has 4 nitrogen and oxygen atoms in total. The molecular formula is C20H19N3OS. The molecule has 0 unspecified atom stereocenters. The minimum atomic E-state index is -0.407. The standard InChI is InChI=1S/C20H19N3OS/c1-12-15(13-4-2-5-14(10-13)19(21)24)6-3-7-16(12)20-23-17-8-9-22-11-18(17)25-20/h2-7,10,22H,8-9,11H2,1H3,(H2,21,24). The summed E-state index contributed by atoms with van der Waals surface area (Å²) in [5.74, 6) is -0.407. The van der Waals surface area contributed by atoms with Crippen LogP contribution in [-0.4, -0.2) is 17.4 Å². The number of hydrogen-bond acceptors (Lipinski definition) is 4. The van der Waals surface area contributed by atoms with E-state index in [-0.39, 0.29) is 0 Å². The zero-order valence-electron chi connectivity index (χ0n) is 14.0. The third kappa shape index (κ3) is 2.97. The van der Waals surface area contributed by atoms with E-state index in [9.17, 15) is 4.79 Å². The number of aromatic nitrogens is 1. The van der Waals surface area contributed by atoms with Crippen LogP contribution in [0.4, 0.5) is 0 Å². The second kappa shape index (κ2) is 6.43. The summed E-state index contributed by atoms with van der Waals surface area (Å²) >= 11 is 1.77. The van der Waals surface area contributed by atoms with Gasteiger partial charge < -0.3 is 11.1 Å². The van der Waals surface area contributed by atoms with Crippen LogP contribution in [0, 0.1) is 6.92 Å². The quantitative estimate of drug-likeness (QED) is 0.760. The second-order valence-electron chi connectivity index (χ2n) is 6.24. The van der Waals surface area contributed by atoms with Crippen molar-refractivity contribution in [1.82, 2.24) is 10.3 Å². The van der Waals surface area contributed by atoms with Gasteiger partial charge in [-0.2, -0.15) is 0 Å². The van der Waals surface area contributed by atoms with E-state index in [1.165, 1.54) is 16.1 Å². The Bertz CT molecular complexity index is 938. The number of carbonyl (C=O) groups is 1. The van der Waals surface area contributed by atoms with E-state index in [0.717, 1.165) is 41.2 Å². The fourth-order valence-electron chi connectivity index (χ4n) is 3.26. The summed E-state index contributed by atoms with van der Waals surface area (Å²) < 4.78 is 0. The number of rotatable bonds is 3. The molecule has 3 N–H and O–H groups in total. The van der Waals surface area contributed by atoms with Crippen LogP contribution in [0.25, 0.3) is 21.7 Å². The Labute approximate surface area is 150 Å². The van der Waals surface area contributed by atoms with Crippen molar-refractivity contribution in [2.45, 2.75) is 19.9 Å². The first-order chi connectivity index (χ1) is 12.1. The Morgan fingerprint density at radius 3 is 2.80 bits per heavy atom. The topological polar surface area (TPSA) is 68.0 Å². The van der Waals surface area contributed by atoms with Crippen LogP contribution < -0.4 is 11.1 Å². The van der Waals surface area contributed by atoms with Crippen LogP contribution >= 0.6 is 11.3 Å². The van der Waals surface area contributed by atoms with Crippen LogP contribution in [-0.2, 0) is 13.0 Å². The molecule has 0 saturated heterocycles. The molecule has 1 amide bonds. The Hall–Kier alpha value is -2.50. The number of nitrogens with zero attached hydrogens (tertiary/aromatic N) is 1. The van der Waals surface area contributed by atoms with Crippen LogP contribution in [0.2, 0.25) is 0 Å². The average Bonchev–Trinajstić information content (AvgIpc) is 3.06. The van der Waals surface area contributed by atoms with Crippen LogP contribution in [0.15, 0.2) is 42.5 Å². The van der Waals surface area contributed by atoms with Crippen molar-refractivity contribution in [3.05, 3.63) is 64.2 Å². The molecule has 0 spiro atoms. The lowest BCUT2D eigenvalue weighted by Gasteiger charge is -2.11. The minimum absolute atomic E-state index is 0.407. The summed E-state index contributed by atoms with van der Waals surface area (Å²) in [6.45, 7) is 4.02. The van der Waals surface area contributed by atoms with Crippen molar-refractivity contribution in [2.75, 3.05) is 6.54 Å². The molecule has 0 radical (unpaired) electrons. The first kappa shape index (κ1) is 16.0. The molecule has 4 rings (SSSR count). The van der Waals surface area contributed by atoms with E-state index in [2.05, 4.69) is 24.4 Å².